The number of nitrogens with zero attached hydrogens (tertiary/aromatic N) is 1. The zero-order valence-corrected chi connectivity index (χ0v) is 13.8. The topological polar surface area (TPSA) is 56.3 Å². The summed E-state index contributed by atoms with van der Waals surface area (Å²) in [4.78, 5) is 29.0. The highest BCUT2D eigenvalue weighted by molar-refractivity contribution is 6.12. The van der Waals surface area contributed by atoms with Crippen LogP contribution in [-0.4, -0.2) is 23.3 Å². The molecule has 4 heteroatoms. The van der Waals surface area contributed by atoms with Crippen molar-refractivity contribution in [2.45, 2.75) is 6.92 Å². The van der Waals surface area contributed by atoms with Gasteiger partial charge in [0.25, 0.3) is 0 Å². The van der Waals surface area contributed by atoms with Crippen molar-refractivity contribution >= 4 is 11.8 Å². The zero-order chi connectivity index (χ0) is 17.6. The largest absolute Gasteiger partial charge is 0.462 e. The Hall–Kier alpha value is -3.27. The molecule has 0 aliphatic heterocycles. The molecule has 4 nitrogen and oxygen atoms in total. The number of carbonyl (C=O) groups excluding carboxylic acids is 2. The summed E-state index contributed by atoms with van der Waals surface area (Å²) in [5, 5.41) is 0. The summed E-state index contributed by atoms with van der Waals surface area (Å²) in [5.41, 5.74) is 3.04. The molecule has 0 atom stereocenters. The lowest BCUT2D eigenvalue weighted by atomic mass is 9.96. The lowest BCUT2D eigenvalue weighted by Gasteiger charge is -2.09. The number of hydrogen-bond donors (Lipinski definition) is 0. The lowest BCUT2D eigenvalue weighted by molar-refractivity contribution is 0.0526. The van der Waals surface area contributed by atoms with Crippen molar-refractivity contribution in [3.05, 3.63) is 89.6 Å². The third-order valence-electron chi connectivity index (χ3n) is 3.77. The molecule has 1 aromatic heterocycles. The summed E-state index contributed by atoms with van der Waals surface area (Å²) in [7, 11) is 0. The van der Waals surface area contributed by atoms with Gasteiger partial charge in [-0.25, -0.2) is 4.79 Å². The van der Waals surface area contributed by atoms with E-state index in [1.54, 1.807) is 43.5 Å². The fraction of sp³-hybridized carbons (Fsp3) is 0.0952. The van der Waals surface area contributed by atoms with Crippen molar-refractivity contribution < 1.29 is 14.3 Å². The molecule has 3 rings (SSSR count). The highest BCUT2D eigenvalue weighted by Gasteiger charge is 2.16. The standard InChI is InChI=1S/C21H17NO3/c1-2-25-21(24)16-12-10-15(11-13-16)20(23)18-8-4-3-7-17(18)19-9-5-6-14-22-19/h3-14H,2H2,1H3. The van der Waals surface area contributed by atoms with E-state index in [-0.39, 0.29) is 5.78 Å². The SMILES string of the molecule is CCOC(=O)c1ccc(C(=O)c2ccccc2-c2ccccn2)cc1. The van der Waals surface area contributed by atoms with Gasteiger partial charge in [-0.15, -0.1) is 0 Å². The second-order valence-electron chi connectivity index (χ2n) is 5.39. The van der Waals surface area contributed by atoms with Gasteiger partial charge in [0.15, 0.2) is 5.78 Å². The second-order valence-corrected chi connectivity index (χ2v) is 5.39. The molecule has 0 fully saturated rings. The number of aromatic nitrogens is 1. The molecular weight excluding hydrogens is 314 g/mol. The average Bonchev–Trinajstić information content (AvgIpc) is 2.68. The molecule has 124 valence electrons. The smallest absolute Gasteiger partial charge is 0.338 e. The first-order chi connectivity index (χ1) is 12.2. The van der Waals surface area contributed by atoms with Crippen LogP contribution in [0.5, 0.6) is 0 Å². The van der Waals surface area contributed by atoms with Crippen LogP contribution in [0, 0.1) is 0 Å². The first-order valence-corrected chi connectivity index (χ1v) is 8.03. The van der Waals surface area contributed by atoms with Gasteiger partial charge in [-0.2, -0.15) is 0 Å². The molecular formula is C21H17NO3. The van der Waals surface area contributed by atoms with E-state index >= 15 is 0 Å². The minimum Gasteiger partial charge on any atom is -0.462 e. The summed E-state index contributed by atoms with van der Waals surface area (Å²) >= 11 is 0. The summed E-state index contributed by atoms with van der Waals surface area (Å²) in [6.07, 6.45) is 1.70. The van der Waals surface area contributed by atoms with E-state index in [1.165, 1.54) is 0 Å². The van der Waals surface area contributed by atoms with Gasteiger partial charge in [0.2, 0.25) is 0 Å². The van der Waals surface area contributed by atoms with Crippen molar-refractivity contribution in [1.29, 1.82) is 0 Å². The molecule has 0 saturated carbocycles. The monoisotopic (exact) mass is 331 g/mol. The number of ketones is 1. The summed E-state index contributed by atoms with van der Waals surface area (Å²) in [5.74, 6) is -0.507. The molecule has 2 aromatic carbocycles. The molecule has 0 amide bonds. The minimum absolute atomic E-state index is 0.114. The molecule has 0 bridgehead atoms. The van der Waals surface area contributed by atoms with Gasteiger partial charge in [-0.1, -0.05) is 42.5 Å². The third-order valence-corrected chi connectivity index (χ3v) is 3.77. The highest BCUT2D eigenvalue weighted by Crippen LogP contribution is 2.24. The Balaban J connectivity index is 1.93. The number of carbonyl (C=O) groups is 2. The predicted molar refractivity (Wildman–Crippen MR) is 95.5 cm³/mol. The van der Waals surface area contributed by atoms with Crippen LogP contribution in [0.25, 0.3) is 11.3 Å². The van der Waals surface area contributed by atoms with Gasteiger partial charge >= 0.3 is 5.97 Å². The van der Waals surface area contributed by atoms with Gasteiger partial charge in [0, 0.05) is 22.9 Å². The van der Waals surface area contributed by atoms with Gasteiger partial charge < -0.3 is 4.74 Å². The van der Waals surface area contributed by atoms with Crippen LogP contribution in [0.2, 0.25) is 0 Å². The molecule has 3 aromatic rings. The third kappa shape index (κ3) is 3.63. The van der Waals surface area contributed by atoms with Crippen molar-refractivity contribution in [2.75, 3.05) is 6.61 Å². The quantitative estimate of drug-likeness (QED) is 0.520. The Morgan fingerprint density at radius 1 is 0.880 bits per heavy atom. The summed E-state index contributed by atoms with van der Waals surface area (Å²) in [6.45, 7) is 2.07. The molecule has 1 heterocycles. The van der Waals surface area contributed by atoms with Gasteiger partial charge in [-0.3, -0.25) is 9.78 Å². The van der Waals surface area contributed by atoms with Crippen molar-refractivity contribution in [1.82, 2.24) is 4.98 Å². The number of hydrogen-bond acceptors (Lipinski definition) is 4. The maximum absolute atomic E-state index is 12.9. The fourth-order valence-electron chi connectivity index (χ4n) is 2.55. The number of esters is 1. The van der Waals surface area contributed by atoms with Crippen LogP contribution in [0.4, 0.5) is 0 Å². The molecule has 0 saturated heterocycles. The van der Waals surface area contributed by atoms with Gasteiger partial charge in [0.1, 0.15) is 0 Å². The van der Waals surface area contributed by atoms with E-state index in [4.69, 9.17) is 4.74 Å². The maximum Gasteiger partial charge on any atom is 0.338 e. The molecule has 0 spiro atoms. The predicted octanol–water partition coefficient (Wildman–Crippen LogP) is 4.16. The zero-order valence-electron chi connectivity index (χ0n) is 13.8. The van der Waals surface area contributed by atoms with Crippen LogP contribution in [0.1, 0.15) is 33.2 Å². The Kier molecular flexibility index (Phi) is 5.00. The molecule has 0 aliphatic carbocycles. The summed E-state index contributed by atoms with van der Waals surface area (Å²) in [6, 6.07) is 19.5. The Bertz CT molecular complexity index is 887. The van der Waals surface area contributed by atoms with E-state index < -0.39 is 5.97 Å². The minimum atomic E-state index is -0.393. The van der Waals surface area contributed by atoms with Crippen molar-refractivity contribution in [3.8, 4) is 11.3 Å². The number of ether oxygens (including phenoxy) is 1. The van der Waals surface area contributed by atoms with Gasteiger partial charge in [0.05, 0.1) is 17.9 Å². The number of rotatable bonds is 5. The number of pyridine rings is 1. The maximum atomic E-state index is 12.9. The van der Waals surface area contributed by atoms with Crippen LogP contribution in [-0.2, 0) is 4.74 Å². The van der Waals surface area contributed by atoms with Gasteiger partial charge in [-0.05, 0) is 31.2 Å². The van der Waals surface area contributed by atoms with Crippen LogP contribution < -0.4 is 0 Å². The molecule has 0 radical (unpaired) electrons. The van der Waals surface area contributed by atoms with Crippen LogP contribution in [0.3, 0.4) is 0 Å². The fourth-order valence-corrected chi connectivity index (χ4v) is 2.55. The van der Waals surface area contributed by atoms with E-state index in [0.29, 0.717) is 23.3 Å². The molecule has 0 N–H and O–H groups in total. The Morgan fingerprint density at radius 3 is 2.24 bits per heavy atom. The van der Waals surface area contributed by atoms with Crippen molar-refractivity contribution in [2.24, 2.45) is 0 Å². The van der Waals surface area contributed by atoms with E-state index in [2.05, 4.69) is 4.98 Å². The van der Waals surface area contributed by atoms with Crippen molar-refractivity contribution in [3.63, 3.8) is 0 Å². The van der Waals surface area contributed by atoms with Crippen LogP contribution in [0.15, 0.2) is 72.9 Å². The summed E-state index contributed by atoms with van der Waals surface area (Å²) < 4.78 is 4.96. The van der Waals surface area contributed by atoms with E-state index in [0.717, 1.165) is 11.3 Å². The Labute approximate surface area is 146 Å². The molecule has 25 heavy (non-hydrogen) atoms. The lowest BCUT2D eigenvalue weighted by Crippen LogP contribution is -2.07. The normalized spacial score (nSPS) is 10.3. The van der Waals surface area contributed by atoms with E-state index in [9.17, 15) is 9.59 Å². The second kappa shape index (κ2) is 7.53. The molecule has 0 aliphatic rings. The number of benzene rings is 2. The van der Waals surface area contributed by atoms with E-state index in [1.807, 2.05) is 36.4 Å². The van der Waals surface area contributed by atoms with Crippen LogP contribution >= 0.6 is 0 Å². The Morgan fingerprint density at radius 2 is 1.56 bits per heavy atom. The molecule has 0 unspecified atom stereocenters. The first-order valence-electron chi connectivity index (χ1n) is 8.03. The highest BCUT2D eigenvalue weighted by atomic mass is 16.5. The first kappa shape index (κ1) is 16.6. The average molecular weight is 331 g/mol.